The minimum absolute atomic E-state index is 0.352. The molecule has 2 heterocycles. The van der Waals surface area contributed by atoms with Gasteiger partial charge in [0.1, 0.15) is 30.2 Å². The number of methoxy groups -OCH3 is 1. The number of hydrogen-bond donors (Lipinski definition) is 3. The zero-order valence-corrected chi connectivity index (χ0v) is 17.7. The van der Waals surface area contributed by atoms with E-state index in [1.807, 2.05) is 12.1 Å². The van der Waals surface area contributed by atoms with Gasteiger partial charge in [0, 0.05) is 26.6 Å². The second-order valence-corrected chi connectivity index (χ2v) is 8.76. The molecule has 2 aromatic carbocycles. The van der Waals surface area contributed by atoms with Gasteiger partial charge in [0.2, 0.25) is 0 Å². The van der Waals surface area contributed by atoms with Crippen LogP contribution in [0.4, 0.5) is 0 Å². The minimum Gasteiger partial charge on any atom is -0.496 e. The number of ketones is 1. The van der Waals surface area contributed by atoms with E-state index in [1.165, 1.54) is 11.8 Å². The third kappa shape index (κ3) is 3.85. The highest BCUT2D eigenvalue weighted by atomic mass is 35.5. The molecule has 1 aliphatic rings. The summed E-state index contributed by atoms with van der Waals surface area (Å²) in [7, 11) is 1.45. The number of aliphatic hydroxyl groups excluding tert-OH is 3. The number of Topliss-reactive ketones (excluding diaryl/α,β-unsaturated/α-hetero) is 1. The van der Waals surface area contributed by atoms with Crippen molar-refractivity contribution in [3.8, 4) is 5.75 Å². The predicted molar refractivity (Wildman–Crippen MR) is 114 cm³/mol. The van der Waals surface area contributed by atoms with Crippen LogP contribution >= 0.6 is 22.9 Å². The SMILES string of the molecule is COc1cc(Cl)c(Cc2cc3ccccc3s2)cc1[C@@H]1O[C@H](CO)C(O)C(=O)C1O. The van der Waals surface area contributed by atoms with Gasteiger partial charge < -0.3 is 24.8 Å². The second kappa shape index (κ2) is 8.63. The van der Waals surface area contributed by atoms with Crippen LogP contribution in [0.15, 0.2) is 42.5 Å². The molecule has 3 aromatic rings. The molecular weight excluding hydrogens is 428 g/mol. The van der Waals surface area contributed by atoms with Gasteiger partial charge in [0.05, 0.1) is 13.7 Å². The van der Waals surface area contributed by atoms with Crippen LogP contribution in [-0.4, -0.2) is 53.1 Å². The van der Waals surface area contributed by atoms with E-state index in [2.05, 4.69) is 18.2 Å². The Hall–Kier alpha value is -2.00. The highest BCUT2D eigenvalue weighted by molar-refractivity contribution is 7.19. The van der Waals surface area contributed by atoms with E-state index in [9.17, 15) is 20.1 Å². The Bertz CT molecular complexity index is 1050. The smallest absolute Gasteiger partial charge is 0.195 e. The first kappa shape index (κ1) is 21.2. The van der Waals surface area contributed by atoms with Crippen LogP contribution in [0.1, 0.15) is 22.1 Å². The van der Waals surface area contributed by atoms with Crippen LogP contribution < -0.4 is 4.74 Å². The van der Waals surface area contributed by atoms with E-state index in [0.29, 0.717) is 22.8 Å². The Labute approximate surface area is 182 Å². The van der Waals surface area contributed by atoms with Crippen LogP contribution in [0.5, 0.6) is 5.75 Å². The summed E-state index contributed by atoms with van der Waals surface area (Å²) in [5.41, 5.74) is 1.22. The summed E-state index contributed by atoms with van der Waals surface area (Å²) in [4.78, 5) is 13.4. The van der Waals surface area contributed by atoms with E-state index >= 15 is 0 Å². The van der Waals surface area contributed by atoms with E-state index in [-0.39, 0.29) is 0 Å². The Balaban J connectivity index is 1.72. The van der Waals surface area contributed by atoms with Gasteiger partial charge in [-0.05, 0) is 35.2 Å². The molecule has 8 heteroatoms. The number of rotatable bonds is 5. The van der Waals surface area contributed by atoms with Gasteiger partial charge in [0.15, 0.2) is 5.78 Å². The van der Waals surface area contributed by atoms with Crippen LogP contribution in [-0.2, 0) is 16.0 Å². The number of ether oxygens (including phenoxy) is 2. The second-order valence-electron chi connectivity index (χ2n) is 7.18. The Morgan fingerprint density at radius 2 is 1.93 bits per heavy atom. The summed E-state index contributed by atoms with van der Waals surface area (Å²) < 4.78 is 12.2. The Kier molecular flexibility index (Phi) is 6.11. The quantitative estimate of drug-likeness (QED) is 0.555. The topological polar surface area (TPSA) is 96.2 Å². The molecule has 1 fully saturated rings. The lowest BCUT2D eigenvalue weighted by Gasteiger charge is -2.36. The van der Waals surface area contributed by atoms with Gasteiger partial charge in [-0.25, -0.2) is 0 Å². The van der Waals surface area contributed by atoms with Crippen molar-refractivity contribution in [2.75, 3.05) is 13.7 Å². The Morgan fingerprint density at radius 1 is 1.17 bits per heavy atom. The molecule has 0 radical (unpaired) electrons. The van der Waals surface area contributed by atoms with Crippen LogP contribution in [0.25, 0.3) is 10.1 Å². The maximum atomic E-state index is 12.3. The number of carbonyl (C=O) groups excluding carboxylic acids is 1. The number of hydrogen-bond acceptors (Lipinski definition) is 7. The molecule has 0 spiro atoms. The van der Waals surface area contributed by atoms with Crippen molar-refractivity contribution < 1.29 is 29.6 Å². The molecule has 4 atom stereocenters. The first-order valence-corrected chi connectivity index (χ1v) is 10.6. The lowest BCUT2D eigenvalue weighted by molar-refractivity contribution is -0.189. The van der Waals surface area contributed by atoms with Crippen LogP contribution in [0, 0.1) is 0 Å². The zero-order chi connectivity index (χ0) is 21.4. The van der Waals surface area contributed by atoms with E-state index in [4.69, 9.17) is 21.1 Å². The fraction of sp³-hybridized carbons (Fsp3) is 0.318. The number of aliphatic hydroxyl groups is 3. The number of carbonyl (C=O) groups is 1. The number of halogens is 1. The summed E-state index contributed by atoms with van der Waals surface area (Å²) in [5.74, 6) is -0.446. The van der Waals surface area contributed by atoms with E-state index in [0.717, 1.165) is 15.8 Å². The predicted octanol–water partition coefficient (Wildman–Crippen LogP) is 2.88. The number of benzene rings is 2. The van der Waals surface area contributed by atoms with Gasteiger partial charge >= 0.3 is 0 Å². The molecule has 0 aliphatic carbocycles. The van der Waals surface area contributed by atoms with Gasteiger partial charge in [-0.1, -0.05) is 29.8 Å². The van der Waals surface area contributed by atoms with Gasteiger partial charge in [-0.2, -0.15) is 0 Å². The van der Waals surface area contributed by atoms with Crippen molar-refractivity contribution in [2.45, 2.75) is 30.8 Å². The summed E-state index contributed by atoms with van der Waals surface area (Å²) in [6.07, 6.45) is -4.84. The van der Waals surface area contributed by atoms with Crippen molar-refractivity contribution in [1.82, 2.24) is 0 Å². The zero-order valence-electron chi connectivity index (χ0n) is 16.1. The largest absolute Gasteiger partial charge is 0.496 e. The molecule has 2 unspecified atom stereocenters. The average Bonchev–Trinajstić information content (AvgIpc) is 3.16. The summed E-state index contributed by atoms with van der Waals surface area (Å²) in [6, 6.07) is 13.6. The molecule has 0 saturated carbocycles. The maximum Gasteiger partial charge on any atom is 0.195 e. The molecule has 6 nitrogen and oxygen atoms in total. The average molecular weight is 449 g/mol. The number of thiophene rings is 1. The molecule has 158 valence electrons. The van der Waals surface area contributed by atoms with Crippen LogP contribution in [0.2, 0.25) is 5.02 Å². The fourth-order valence-corrected chi connectivity index (χ4v) is 5.00. The first-order chi connectivity index (χ1) is 14.4. The van der Waals surface area contributed by atoms with Crippen molar-refractivity contribution in [2.24, 2.45) is 0 Å². The lowest BCUT2D eigenvalue weighted by Crippen LogP contribution is -2.52. The van der Waals surface area contributed by atoms with E-state index in [1.54, 1.807) is 23.5 Å². The molecule has 1 aliphatic heterocycles. The highest BCUT2D eigenvalue weighted by Crippen LogP contribution is 2.39. The lowest BCUT2D eigenvalue weighted by atomic mass is 9.91. The summed E-state index contributed by atoms with van der Waals surface area (Å²) >= 11 is 8.15. The van der Waals surface area contributed by atoms with E-state index < -0.39 is 36.8 Å². The summed E-state index contributed by atoms with van der Waals surface area (Å²) in [6.45, 7) is -0.555. The fourth-order valence-electron chi connectivity index (χ4n) is 3.70. The molecule has 0 amide bonds. The maximum absolute atomic E-state index is 12.3. The van der Waals surface area contributed by atoms with Crippen molar-refractivity contribution in [3.63, 3.8) is 0 Å². The molecule has 4 rings (SSSR count). The molecular formula is C22H21ClO6S. The third-order valence-corrected chi connectivity index (χ3v) is 6.74. The van der Waals surface area contributed by atoms with Gasteiger partial charge in [-0.3, -0.25) is 4.79 Å². The van der Waals surface area contributed by atoms with Gasteiger partial charge in [-0.15, -0.1) is 11.3 Å². The van der Waals surface area contributed by atoms with Crippen molar-refractivity contribution in [1.29, 1.82) is 0 Å². The summed E-state index contributed by atoms with van der Waals surface area (Å²) in [5, 5.41) is 31.4. The standard InChI is InChI=1S/C22H21ClO6S/c1-28-16-9-15(23)12(7-13-6-11-4-2-3-5-18(11)30-13)8-14(16)22-21(27)20(26)19(25)17(10-24)29-22/h2-6,8-9,17,19,21-22,24-25,27H,7,10H2,1H3/t17-,19?,21?,22+/m1/s1. The van der Waals surface area contributed by atoms with Crippen molar-refractivity contribution in [3.05, 3.63) is 63.5 Å². The molecule has 3 N–H and O–H groups in total. The van der Waals surface area contributed by atoms with Crippen molar-refractivity contribution >= 4 is 38.8 Å². The monoisotopic (exact) mass is 448 g/mol. The minimum atomic E-state index is -1.59. The third-order valence-electron chi connectivity index (χ3n) is 5.27. The molecule has 1 saturated heterocycles. The molecule has 30 heavy (non-hydrogen) atoms. The number of fused-ring (bicyclic) bond motifs is 1. The van der Waals surface area contributed by atoms with Crippen LogP contribution in [0.3, 0.4) is 0 Å². The van der Waals surface area contributed by atoms with Gasteiger partial charge in [0.25, 0.3) is 0 Å². The molecule has 1 aromatic heterocycles. The molecule has 0 bridgehead atoms. The normalized spacial score (nSPS) is 24.4. The highest BCUT2D eigenvalue weighted by Gasteiger charge is 2.44. The Morgan fingerprint density at radius 3 is 2.63 bits per heavy atom. The first-order valence-electron chi connectivity index (χ1n) is 9.43.